The van der Waals surface area contributed by atoms with Crippen molar-refractivity contribution >= 4 is 40.3 Å². The van der Waals surface area contributed by atoms with Gasteiger partial charge in [-0.1, -0.05) is 17.7 Å². The molecule has 1 aromatic carbocycles. The Morgan fingerprint density at radius 2 is 2.14 bits per heavy atom. The third-order valence-corrected chi connectivity index (χ3v) is 3.98. The van der Waals surface area contributed by atoms with Crippen LogP contribution in [0.4, 0.5) is 17.6 Å². The van der Waals surface area contributed by atoms with E-state index in [4.69, 9.17) is 11.6 Å². The standard InChI is InChI=1S/C15H15ClN6/c1-15(5-6-15)22-13-17-8-11-12(20-13)21-14(19-11)18-10-4-2-3-9(16)7-10/h2-4,7-8H,5-6H2,1H3,(H3,17,18,19,20,21,22). The molecular weight excluding hydrogens is 300 g/mol. The van der Waals surface area contributed by atoms with E-state index in [9.17, 15) is 0 Å². The number of benzene rings is 1. The number of aromatic nitrogens is 4. The second-order valence-electron chi connectivity index (χ2n) is 5.84. The van der Waals surface area contributed by atoms with Gasteiger partial charge in [-0.25, -0.2) is 4.98 Å². The first kappa shape index (κ1) is 13.3. The highest BCUT2D eigenvalue weighted by Gasteiger charge is 2.37. The molecule has 1 aliphatic rings. The van der Waals surface area contributed by atoms with E-state index in [0.717, 1.165) is 24.0 Å². The first-order chi connectivity index (χ1) is 10.6. The van der Waals surface area contributed by atoms with Crippen LogP contribution in [0.2, 0.25) is 5.02 Å². The van der Waals surface area contributed by atoms with Crippen molar-refractivity contribution in [3.63, 3.8) is 0 Å². The van der Waals surface area contributed by atoms with Gasteiger partial charge in [0.1, 0.15) is 5.52 Å². The van der Waals surface area contributed by atoms with Gasteiger partial charge in [0.15, 0.2) is 5.65 Å². The summed E-state index contributed by atoms with van der Waals surface area (Å²) < 4.78 is 0. The van der Waals surface area contributed by atoms with Crippen LogP contribution in [0.25, 0.3) is 11.2 Å². The summed E-state index contributed by atoms with van der Waals surface area (Å²) in [5, 5.41) is 7.18. The Labute approximate surface area is 132 Å². The highest BCUT2D eigenvalue weighted by molar-refractivity contribution is 6.30. The Kier molecular flexibility index (Phi) is 2.94. The van der Waals surface area contributed by atoms with E-state index in [0.29, 0.717) is 22.6 Å². The predicted octanol–water partition coefficient (Wildman–Crippen LogP) is 3.71. The van der Waals surface area contributed by atoms with Crippen molar-refractivity contribution in [3.05, 3.63) is 35.5 Å². The van der Waals surface area contributed by atoms with Crippen LogP contribution in [0, 0.1) is 0 Å². The summed E-state index contributed by atoms with van der Waals surface area (Å²) in [4.78, 5) is 16.4. The second-order valence-corrected chi connectivity index (χ2v) is 6.27. The van der Waals surface area contributed by atoms with E-state index < -0.39 is 0 Å². The molecule has 0 unspecified atom stereocenters. The number of nitrogens with one attached hydrogen (secondary N) is 3. The average molecular weight is 315 g/mol. The van der Waals surface area contributed by atoms with Crippen molar-refractivity contribution in [2.45, 2.75) is 25.3 Å². The fourth-order valence-corrected chi connectivity index (χ4v) is 2.40. The number of aromatic amines is 1. The lowest BCUT2D eigenvalue weighted by molar-refractivity contribution is 0.812. The Hall–Kier alpha value is -2.34. The molecule has 0 bridgehead atoms. The number of halogens is 1. The molecule has 4 rings (SSSR count). The van der Waals surface area contributed by atoms with Crippen LogP contribution in [-0.2, 0) is 0 Å². The summed E-state index contributed by atoms with van der Waals surface area (Å²) >= 11 is 5.98. The minimum absolute atomic E-state index is 0.145. The number of fused-ring (bicyclic) bond motifs is 1. The summed E-state index contributed by atoms with van der Waals surface area (Å²) in [5.41, 5.74) is 2.43. The Morgan fingerprint density at radius 3 is 2.91 bits per heavy atom. The number of H-pyrrole nitrogens is 1. The van der Waals surface area contributed by atoms with Gasteiger partial charge in [0.05, 0.1) is 6.20 Å². The van der Waals surface area contributed by atoms with E-state index in [1.807, 2.05) is 24.3 Å². The lowest BCUT2D eigenvalue weighted by atomic mass is 10.3. The topological polar surface area (TPSA) is 78.5 Å². The minimum atomic E-state index is 0.145. The maximum Gasteiger partial charge on any atom is 0.225 e. The summed E-state index contributed by atoms with van der Waals surface area (Å²) in [6.45, 7) is 2.16. The minimum Gasteiger partial charge on any atom is -0.349 e. The molecule has 0 saturated heterocycles. The first-order valence-corrected chi connectivity index (χ1v) is 7.51. The van der Waals surface area contributed by atoms with Gasteiger partial charge in [0.25, 0.3) is 0 Å². The molecule has 2 aromatic heterocycles. The van der Waals surface area contributed by atoms with Gasteiger partial charge in [-0.2, -0.15) is 9.97 Å². The Morgan fingerprint density at radius 1 is 1.27 bits per heavy atom. The molecule has 112 valence electrons. The van der Waals surface area contributed by atoms with Crippen LogP contribution >= 0.6 is 11.6 Å². The van der Waals surface area contributed by atoms with Gasteiger partial charge in [-0.3, -0.25) is 0 Å². The molecular formula is C15H15ClN6. The van der Waals surface area contributed by atoms with Crippen LogP contribution in [0.5, 0.6) is 0 Å². The molecule has 0 atom stereocenters. The molecule has 0 amide bonds. The molecule has 1 fully saturated rings. The maximum atomic E-state index is 5.98. The lowest BCUT2D eigenvalue weighted by Crippen LogP contribution is -2.17. The van der Waals surface area contributed by atoms with E-state index in [-0.39, 0.29) is 5.54 Å². The monoisotopic (exact) mass is 314 g/mol. The molecule has 6 nitrogen and oxygen atoms in total. The third-order valence-electron chi connectivity index (χ3n) is 3.74. The largest absolute Gasteiger partial charge is 0.349 e. The van der Waals surface area contributed by atoms with Crippen molar-refractivity contribution in [3.8, 4) is 0 Å². The number of hydrogen-bond donors (Lipinski definition) is 3. The Balaban J connectivity index is 1.60. The number of imidazole rings is 1. The van der Waals surface area contributed by atoms with Gasteiger partial charge in [-0.15, -0.1) is 0 Å². The fourth-order valence-electron chi connectivity index (χ4n) is 2.21. The fraction of sp³-hybridized carbons (Fsp3) is 0.267. The SMILES string of the molecule is CC1(Nc2ncc3[nH]c(Nc4cccc(Cl)c4)nc3n2)CC1. The summed E-state index contributed by atoms with van der Waals surface area (Å²) in [7, 11) is 0. The predicted molar refractivity (Wildman–Crippen MR) is 87.7 cm³/mol. The van der Waals surface area contributed by atoms with Crippen LogP contribution in [0.15, 0.2) is 30.5 Å². The summed E-state index contributed by atoms with van der Waals surface area (Å²) in [6.07, 6.45) is 4.04. The second kappa shape index (κ2) is 4.84. The molecule has 0 aliphatic heterocycles. The molecule has 0 spiro atoms. The average Bonchev–Trinajstić information content (AvgIpc) is 3.06. The van der Waals surface area contributed by atoms with Crippen molar-refractivity contribution in [1.82, 2.24) is 19.9 Å². The number of rotatable bonds is 4. The van der Waals surface area contributed by atoms with Crippen molar-refractivity contribution in [1.29, 1.82) is 0 Å². The zero-order chi connectivity index (χ0) is 15.2. The van der Waals surface area contributed by atoms with Gasteiger partial charge in [-0.05, 0) is 38.0 Å². The van der Waals surface area contributed by atoms with E-state index in [1.165, 1.54) is 0 Å². The van der Waals surface area contributed by atoms with Crippen molar-refractivity contribution in [2.75, 3.05) is 10.6 Å². The maximum absolute atomic E-state index is 5.98. The van der Waals surface area contributed by atoms with Gasteiger partial charge in [0.2, 0.25) is 11.9 Å². The van der Waals surface area contributed by atoms with Crippen molar-refractivity contribution in [2.24, 2.45) is 0 Å². The lowest BCUT2D eigenvalue weighted by Gasteiger charge is -2.09. The van der Waals surface area contributed by atoms with Gasteiger partial charge >= 0.3 is 0 Å². The molecule has 1 saturated carbocycles. The van der Waals surface area contributed by atoms with Crippen LogP contribution in [0.3, 0.4) is 0 Å². The van der Waals surface area contributed by atoms with E-state index >= 15 is 0 Å². The summed E-state index contributed by atoms with van der Waals surface area (Å²) in [6, 6.07) is 7.46. The van der Waals surface area contributed by atoms with Crippen LogP contribution < -0.4 is 10.6 Å². The smallest absolute Gasteiger partial charge is 0.225 e. The third kappa shape index (κ3) is 2.69. The quantitative estimate of drug-likeness (QED) is 0.684. The molecule has 22 heavy (non-hydrogen) atoms. The van der Waals surface area contributed by atoms with Crippen molar-refractivity contribution < 1.29 is 0 Å². The normalized spacial score (nSPS) is 15.7. The molecule has 3 aromatic rings. The van der Waals surface area contributed by atoms with Gasteiger partial charge in [0, 0.05) is 16.2 Å². The van der Waals surface area contributed by atoms with Crippen LogP contribution in [0.1, 0.15) is 19.8 Å². The molecule has 7 heteroatoms. The molecule has 0 radical (unpaired) electrons. The summed E-state index contributed by atoms with van der Waals surface area (Å²) in [5.74, 6) is 1.23. The molecule has 1 aliphatic carbocycles. The zero-order valence-electron chi connectivity index (χ0n) is 12.0. The molecule has 3 N–H and O–H groups in total. The molecule has 2 heterocycles. The first-order valence-electron chi connectivity index (χ1n) is 7.13. The zero-order valence-corrected chi connectivity index (χ0v) is 12.8. The van der Waals surface area contributed by atoms with E-state index in [2.05, 4.69) is 37.5 Å². The van der Waals surface area contributed by atoms with Gasteiger partial charge < -0.3 is 15.6 Å². The van der Waals surface area contributed by atoms with E-state index in [1.54, 1.807) is 6.20 Å². The highest BCUT2D eigenvalue weighted by Crippen LogP contribution is 2.37. The number of hydrogen-bond acceptors (Lipinski definition) is 5. The number of nitrogens with zero attached hydrogens (tertiary/aromatic N) is 3. The Bertz CT molecular complexity index is 839. The highest BCUT2D eigenvalue weighted by atomic mass is 35.5. The number of anilines is 3. The van der Waals surface area contributed by atoms with Crippen LogP contribution in [-0.4, -0.2) is 25.5 Å².